The van der Waals surface area contributed by atoms with Crippen molar-refractivity contribution >= 4 is 17.7 Å². The zero-order valence-electron chi connectivity index (χ0n) is 12.3. The lowest BCUT2D eigenvalue weighted by molar-refractivity contribution is -0.133. The summed E-state index contributed by atoms with van der Waals surface area (Å²) in [4.78, 5) is 16.3. The van der Waals surface area contributed by atoms with Gasteiger partial charge in [-0.1, -0.05) is 18.9 Å². The van der Waals surface area contributed by atoms with Crippen LogP contribution in [0.3, 0.4) is 0 Å². The first-order valence-corrected chi connectivity index (χ1v) is 9.17. The second kappa shape index (κ2) is 6.99. The van der Waals surface area contributed by atoms with Gasteiger partial charge in [0, 0.05) is 18.8 Å². The highest BCUT2D eigenvalue weighted by Crippen LogP contribution is 2.38. The molecule has 1 N–H and O–H groups in total. The van der Waals surface area contributed by atoms with Gasteiger partial charge in [-0.25, -0.2) is 0 Å². The van der Waals surface area contributed by atoms with Crippen LogP contribution in [0.1, 0.15) is 38.5 Å². The molecule has 1 unspecified atom stereocenters. The summed E-state index contributed by atoms with van der Waals surface area (Å²) in [6, 6.07) is 0. The zero-order chi connectivity index (χ0) is 13.8. The molecule has 3 rings (SSSR count). The van der Waals surface area contributed by atoms with Crippen molar-refractivity contribution in [2.75, 3.05) is 31.9 Å². The second-order valence-electron chi connectivity index (χ2n) is 6.25. The molecule has 0 radical (unpaired) electrons. The molecular weight excluding hydrogens is 268 g/mol. The summed E-state index contributed by atoms with van der Waals surface area (Å²) >= 11 is 1.94. The smallest absolute Gasteiger partial charge is 0.230 e. The van der Waals surface area contributed by atoms with Crippen molar-refractivity contribution in [3.8, 4) is 0 Å². The van der Waals surface area contributed by atoms with Crippen molar-refractivity contribution in [1.82, 2.24) is 10.2 Å². The van der Waals surface area contributed by atoms with Crippen LogP contribution in [0.5, 0.6) is 0 Å². The minimum atomic E-state index is 0.156. The fourth-order valence-corrected chi connectivity index (χ4v) is 4.85. The van der Waals surface area contributed by atoms with Crippen molar-refractivity contribution in [3.05, 3.63) is 11.0 Å². The number of carbonyl (C=O) groups is 1. The van der Waals surface area contributed by atoms with Gasteiger partial charge < -0.3 is 10.2 Å². The van der Waals surface area contributed by atoms with Crippen LogP contribution in [-0.4, -0.2) is 42.7 Å². The number of nitrogens with one attached hydrogen (secondary N) is 1. The number of rotatable bonds is 2. The zero-order valence-corrected chi connectivity index (χ0v) is 13.1. The van der Waals surface area contributed by atoms with E-state index in [1.54, 1.807) is 0 Å². The van der Waals surface area contributed by atoms with Gasteiger partial charge in [0.05, 0.1) is 5.92 Å². The number of thioether (sulfide) groups is 1. The van der Waals surface area contributed by atoms with E-state index in [0.717, 1.165) is 31.9 Å². The van der Waals surface area contributed by atoms with Crippen molar-refractivity contribution < 1.29 is 4.79 Å². The third-order valence-corrected chi connectivity index (χ3v) is 6.10. The molecule has 3 heterocycles. The average Bonchev–Trinajstić information content (AvgIpc) is 2.83. The number of amides is 1. The van der Waals surface area contributed by atoms with Gasteiger partial charge in [-0.05, 0) is 49.6 Å². The maximum absolute atomic E-state index is 12.6. The summed E-state index contributed by atoms with van der Waals surface area (Å²) in [6.45, 7) is 4.23. The second-order valence-corrected chi connectivity index (χ2v) is 7.34. The van der Waals surface area contributed by atoms with Crippen LogP contribution in [0.25, 0.3) is 0 Å². The van der Waals surface area contributed by atoms with E-state index in [1.807, 2.05) is 11.8 Å². The SMILES string of the molecule is O=C(C1C=C(C2CCNCC2)SC1)N1CCCCCC1. The van der Waals surface area contributed by atoms with Gasteiger partial charge in [-0.2, -0.15) is 0 Å². The van der Waals surface area contributed by atoms with E-state index in [0.29, 0.717) is 11.8 Å². The minimum Gasteiger partial charge on any atom is -0.342 e. The Balaban J connectivity index is 1.59. The predicted octanol–water partition coefficient (Wildman–Crippen LogP) is 2.64. The molecule has 4 heteroatoms. The summed E-state index contributed by atoms with van der Waals surface area (Å²) in [5.41, 5.74) is 0. The summed E-state index contributed by atoms with van der Waals surface area (Å²) in [6.07, 6.45) is 9.74. The Hall–Kier alpha value is -0.480. The van der Waals surface area contributed by atoms with Crippen molar-refractivity contribution in [2.24, 2.45) is 11.8 Å². The molecule has 3 aliphatic heterocycles. The number of hydrogen-bond donors (Lipinski definition) is 1. The van der Waals surface area contributed by atoms with Gasteiger partial charge >= 0.3 is 0 Å². The first-order chi connectivity index (χ1) is 9.84. The maximum atomic E-state index is 12.6. The van der Waals surface area contributed by atoms with Crippen molar-refractivity contribution in [1.29, 1.82) is 0 Å². The Morgan fingerprint density at radius 2 is 1.85 bits per heavy atom. The van der Waals surface area contributed by atoms with Gasteiger partial charge in [0.2, 0.25) is 5.91 Å². The average molecular weight is 294 g/mol. The van der Waals surface area contributed by atoms with Crippen molar-refractivity contribution in [2.45, 2.75) is 38.5 Å². The number of likely N-dealkylation sites (tertiary alicyclic amines) is 1. The van der Waals surface area contributed by atoms with E-state index in [9.17, 15) is 4.79 Å². The highest BCUT2D eigenvalue weighted by molar-refractivity contribution is 8.03. The van der Waals surface area contributed by atoms with Gasteiger partial charge in [-0.15, -0.1) is 11.8 Å². The first kappa shape index (κ1) is 14.5. The Morgan fingerprint density at radius 3 is 2.55 bits per heavy atom. The highest BCUT2D eigenvalue weighted by Gasteiger charge is 2.30. The molecule has 112 valence electrons. The molecule has 2 fully saturated rings. The molecule has 20 heavy (non-hydrogen) atoms. The Kier molecular flexibility index (Phi) is 5.05. The van der Waals surface area contributed by atoms with E-state index >= 15 is 0 Å². The lowest BCUT2D eigenvalue weighted by Crippen LogP contribution is -2.36. The monoisotopic (exact) mass is 294 g/mol. The van der Waals surface area contributed by atoms with Crippen LogP contribution in [0.15, 0.2) is 11.0 Å². The Morgan fingerprint density at radius 1 is 1.15 bits per heavy atom. The van der Waals surface area contributed by atoms with E-state index < -0.39 is 0 Å². The summed E-state index contributed by atoms with van der Waals surface area (Å²) in [7, 11) is 0. The number of nitrogens with zero attached hydrogens (tertiary/aromatic N) is 1. The molecule has 0 aromatic heterocycles. The van der Waals surface area contributed by atoms with Crippen LogP contribution < -0.4 is 5.32 Å². The quantitative estimate of drug-likeness (QED) is 0.850. The third kappa shape index (κ3) is 3.40. The number of hydrogen-bond acceptors (Lipinski definition) is 3. The lowest BCUT2D eigenvalue weighted by Gasteiger charge is -2.23. The molecule has 1 atom stereocenters. The van der Waals surface area contributed by atoms with Crippen molar-refractivity contribution in [3.63, 3.8) is 0 Å². The number of carbonyl (C=O) groups excluding carboxylic acids is 1. The number of piperidine rings is 1. The van der Waals surface area contributed by atoms with Gasteiger partial charge in [0.25, 0.3) is 0 Å². The first-order valence-electron chi connectivity index (χ1n) is 8.18. The molecular formula is C16H26N2OS. The van der Waals surface area contributed by atoms with E-state index in [-0.39, 0.29) is 5.92 Å². The van der Waals surface area contributed by atoms with Crippen LogP contribution in [-0.2, 0) is 4.79 Å². The molecule has 0 aliphatic carbocycles. The molecule has 0 spiro atoms. The van der Waals surface area contributed by atoms with E-state index in [1.165, 1.54) is 43.4 Å². The Labute approximate surface area is 126 Å². The Bertz CT molecular complexity index is 369. The molecule has 2 saturated heterocycles. The van der Waals surface area contributed by atoms with Gasteiger partial charge in [0.1, 0.15) is 0 Å². The van der Waals surface area contributed by atoms with Gasteiger partial charge in [0.15, 0.2) is 0 Å². The maximum Gasteiger partial charge on any atom is 0.230 e. The van der Waals surface area contributed by atoms with Crippen LogP contribution in [0.2, 0.25) is 0 Å². The largest absolute Gasteiger partial charge is 0.342 e. The van der Waals surface area contributed by atoms with E-state index in [4.69, 9.17) is 0 Å². The molecule has 3 nitrogen and oxygen atoms in total. The van der Waals surface area contributed by atoms with Crippen LogP contribution in [0, 0.1) is 11.8 Å². The standard InChI is InChI=1S/C16H26N2OS/c19-16(18-9-3-1-2-4-10-18)14-11-15(20-12-14)13-5-7-17-8-6-13/h11,13-14,17H,1-10,12H2. The van der Waals surface area contributed by atoms with Crippen LogP contribution >= 0.6 is 11.8 Å². The fraction of sp³-hybridized carbons (Fsp3) is 0.812. The van der Waals surface area contributed by atoms with Crippen LogP contribution in [0.4, 0.5) is 0 Å². The lowest BCUT2D eigenvalue weighted by atomic mass is 9.95. The fourth-order valence-electron chi connectivity index (χ4n) is 3.51. The minimum absolute atomic E-state index is 0.156. The molecule has 1 amide bonds. The third-order valence-electron chi connectivity index (χ3n) is 4.77. The number of allylic oxidation sites excluding steroid dienone is 1. The topological polar surface area (TPSA) is 32.3 Å². The summed E-state index contributed by atoms with van der Waals surface area (Å²) in [5.74, 6) is 2.24. The predicted molar refractivity (Wildman–Crippen MR) is 84.7 cm³/mol. The van der Waals surface area contributed by atoms with E-state index in [2.05, 4.69) is 16.3 Å². The molecule has 0 saturated carbocycles. The summed E-state index contributed by atoms with van der Waals surface area (Å²) in [5, 5.41) is 3.42. The normalized spacial score (nSPS) is 29.1. The highest BCUT2D eigenvalue weighted by atomic mass is 32.2. The summed E-state index contributed by atoms with van der Waals surface area (Å²) < 4.78 is 0. The molecule has 0 bridgehead atoms. The molecule has 3 aliphatic rings. The van der Waals surface area contributed by atoms with Gasteiger partial charge in [-0.3, -0.25) is 4.79 Å². The molecule has 0 aromatic rings. The molecule has 0 aromatic carbocycles.